The molecule has 2 aromatic rings. The highest BCUT2D eigenvalue weighted by molar-refractivity contribution is 6.05. The molecule has 24 heavy (non-hydrogen) atoms. The maximum atomic E-state index is 12.6. The minimum Gasteiger partial charge on any atom is -0.491 e. The van der Waals surface area contributed by atoms with Crippen molar-refractivity contribution in [1.82, 2.24) is 4.98 Å². The summed E-state index contributed by atoms with van der Waals surface area (Å²) < 4.78 is 43.5. The Bertz CT molecular complexity index is 730. The summed E-state index contributed by atoms with van der Waals surface area (Å²) in [5.41, 5.74) is -0.485. The van der Waals surface area contributed by atoms with Gasteiger partial charge in [-0.15, -0.1) is 0 Å². The summed E-state index contributed by atoms with van der Waals surface area (Å²) in [7, 11) is 0. The third-order valence-corrected chi connectivity index (χ3v) is 3.22. The van der Waals surface area contributed by atoms with Gasteiger partial charge in [0.25, 0.3) is 5.91 Å². The summed E-state index contributed by atoms with van der Waals surface area (Å²) in [6, 6.07) is 8.79. The number of anilines is 1. The molecule has 0 saturated carbocycles. The van der Waals surface area contributed by atoms with Gasteiger partial charge in [0.1, 0.15) is 11.4 Å². The van der Waals surface area contributed by atoms with Gasteiger partial charge in [0.2, 0.25) is 0 Å². The van der Waals surface area contributed by atoms with Gasteiger partial charge in [0.15, 0.2) is 0 Å². The Kier molecular flexibility index (Phi) is 5.43. The van der Waals surface area contributed by atoms with Crippen molar-refractivity contribution in [3.8, 4) is 5.75 Å². The Labute approximate surface area is 137 Å². The number of aromatic nitrogens is 1. The number of carbonyl (C=O) groups is 1. The fraction of sp³-hybridized carbons (Fsp3) is 0.294. The van der Waals surface area contributed by atoms with Gasteiger partial charge in [-0.05, 0) is 37.6 Å². The Balaban J connectivity index is 2.22. The lowest BCUT2D eigenvalue weighted by Crippen LogP contribution is -2.17. The maximum Gasteiger partial charge on any atom is 0.433 e. The monoisotopic (exact) mass is 338 g/mol. The van der Waals surface area contributed by atoms with E-state index in [9.17, 15) is 18.0 Å². The molecule has 128 valence electrons. The molecule has 1 N–H and O–H groups in total. The first-order chi connectivity index (χ1) is 11.3. The molecule has 1 aromatic heterocycles. The largest absolute Gasteiger partial charge is 0.491 e. The van der Waals surface area contributed by atoms with Gasteiger partial charge in [-0.3, -0.25) is 4.79 Å². The Morgan fingerprint density at radius 1 is 1.21 bits per heavy atom. The van der Waals surface area contributed by atoms with Crippen LogP contribution >= 0.6 is 0 Å². The predicted octanol–water partition coefficient (Wildman–Crippen LogP) is 4.45. The lowest BCUT2D eigenvalue weighted by atomic mass is 10.1. The highest BCUT2D eigenvalue weighted by atomic mass is 19.4. The first-order valence-electron chi connectivity index (χ1n) is 7.41. The smallest absolute Gasteiger partial charge is 0.433 e. The van der Waals surface area contributed by atoms with Crippen LogP contribution in [-0.2, 0) is 6.18 Å². The minimum absolute atomic E-state index is 0.00860. The summed E-state index contributed by atoms with van der Waals surface area (Å²) in [5, 5.41) is 2.65. The maximum absolute atomic E-state index is 12.6. The Morgan fingerprint density at radius 3 is 2.54 bits per heavy atom. The summed E-state index contributed by atoms with van der Waals surface area (Å²) >= 11 is 0. The van der Waals surface area contributed by atoms with E-state index < -0.39 is 17.8 Å². The van der Waals surface area contributed by atoms with E-state index in [1.165, 1.54) is 6.92 Å². The van der Waals surface area contributed by atoms with Crippen LogP contribution in [0, 0.1) is 6.92 Å². The number of para-hydroxylation sites is 2. The van der Waals surface area contributed by atoms with Crippen LogP contribution in [0.5, 0.6) is 5.75 Å². The van der Waals surface area contributed by atoms with E-state index in [1.807, 2.05) is 6.92 Å². The third kappa shape index (κ3) is 4.24. The molecule has 4 nitrogen and oxygen atoms in total. The van der Waals surface area contributed by atoms with Gasteiger partial charge >= 0.3 is 6.18 Å². The predicted molar refractivity (Wildman–Crippen MR) is 84.2 cm³/mol. The average molecular weight is 338 g/mol. The number of benzene rings is 1. The second-order valence-corrected chi connectivity index (χ2v) is 5.13. The molecule has 0 aliphatic heterocycles. The van der Waals surface area contributed by atoms with Crippen LogP contribution in [-0.4, -0.2) is 17.5 Å². The second kappa shape index (κ2) is 7.33. The molecule has 0 spiro atoms. The molecule has 0 atom stereocenters. The topological polar surface area (TPSA) is 51.2 Å². The van der Waals surface area contributed by atoms with Crippen molar-refractivity contribution in [1.29, 1.82) is 0 Å². The van der Waals surface area contributed by atoms with Crippen LogP contribution in [0.4, 0.5) is 18.9 Å². The van der Waals surface area contributed by atoms with Crippen LogP contribution in [0.2, 0.25) is 0 Å². The van der Waals surface area contributed by atoms with E-state index in [0.717, 1.165) is 18.6 Å². The second-order valence-electron chi connectivity index (χ2n) is 5.13. The average Bonchev–Trinajstić information content (AvgIpc) is 2.53. The zero-order valence-corrected chi connectivity index (χ0v) is 13.3. The molecule has 7 heteroatoms. The van der Waals surface area contributed by atoms with E-state index >= 15 is 0 Å². The number of halogens is 3. The van der Waals surface area contributed by atoms with Crippen molar-refractivity contribution in [2.45, 2.75) is 26.4 Å². The lowest BCUT2D eigenvalue weighted by molar-refractivity contribution is -0.141. The number of rotatable bonds is 5. The molecule has 0 fully saturated rings. The van der Waals surface area contributed by atoms with Crippen LogP contribution in [0.1, 0.15) is 35.1 Å². The molecule has 0 radical (unpaired) electrons. The first kappa shape index (κ1) is 17.8. The molecule has 1 aromatic carbocycles. The van der Waals surface area contributed by atoms with Crippen molar-refractivity contribution in [2.75, 3.05) is 11.9 Å². The standard InChI is InChI=1S/C17H17F3N2O2/c1-3-10-24-14-7-5-4-6-13(14)22-16(23)12-8-9-15(17(18,19)20)21-11(12)2/h4-9H,3,10H2,1-2H3,(H,22,23). The molecule has 1 heterocycles. The van der Waals surface area contributed by atoms with Crippen molar-refractivity contribution in [3.63, 3.8) is 0 Å². The van der Waals surface area contributed by atoms with Gasteiger partial charge < -0.3 is 10.1 Å². The highest BCUT2D eigenvalue weighted by Gasteiger charge is 2.33. The number of hydrogen-bond donors (Lipinski definition) is 1. The van der Waals surface area contributed by atoms with E-state index in [2.05, 4.69) is 10.3 Å². The van der Waals surface area contributed by atoms with Crippen molar-refractivity contribution in [3.05, 3.63) is 53.3 Å². The van der Waals surface area contributed by atoms with Crippen LogP contribution < -0.4 is 10.1 Å². The van der Waals surface area contributed by atoms with E-state index in [4.69, 9.17) is 4.74 Å². The van der Waals surface area contributed by atoms with Crippen LogP contribution in [0.3, 0.4) is 0 Å². The number of amides is 1. The fourth-order valence-corrected chi connectivity index (χ4v) is 2.06. The summed E-state index contributed by atoms with van der Waals surface area (Å²) in [6.45, 7) is 3.82. The van der Waals surface area contributed by atoms with Gasteiger partial charge in [-0.1, -0.05) is 19.1 Å². The van der Waals surface area contributed by atoms with Crippen molar-refractivity contribution >= 4 is 11.6 Å². The number of aryl methyl sites for hydroxylation is 1. The van der Waals surface area contributed by atoms with Crippen LogP contribution in [0.15, 0.2) is 36.4 Å². The number of pyridine rings is 1. The number of nitrogens with one attached hydrogen (secondary N) is 1. The van der Waals surface area contributed by atoms with Gasteiger partial charge in [0, 0.05) is 0 Å². The molecular weight excluding hydrogens is 321 g/mol. The zero-order valence-electron chi connectivity index (χ0n) is 13.3. The summed E-state index contributed by atoms with van der Waals surface area (Å²) in [5.74, 6) is -0.0357. The molecule has 2 rings (SSSR count). The minimum atomic E-state index is -4.54. The van der Waals surface area contributed by atoms with E-state index in [-0.39, 0.29) is 11.3 Å². The van der Waals surface area contributed by atoms with Crippen LogP contribution in [0.25, 0.3) is 0 Å². The number of ether oxygens (including phenoxy) is 1. The normalized spacial score (nSPS) is 11.2. The number of carbonyl (C=O) groups excluding carboxylic acids is 1. The van der Waals surface area contributed by atoms with E-state index in [0.29, 0.717) is 18.0 Å². The van der Waals surface area contributed by atoms with Crippen molar-refractivity contribution < 1.29 is 22.7 Å². The van der Waals surface area contributed by atoms with E-state index in [1.54, 1.807) is 24.3 Å². The third-order valence-electron chi connectivity index (χ3n) is 3.22. The molecule has 0 saturated heterocycles. The molecule has 1 amide bonds. The molecule has 0 aliphatic carbocycles. The molecule has 0 unspecified atom stereocenters. The summed E-state index contributed by atoms with van der Waals surface area (Å²) in [6.07, 6.45) is -3.73. The molecule has 0 bridgehead atoms. The van der Waals surface area contributed by atoms with Gasteiger partial charge in [0.05, 0.1) is 23.6 Å². The molecule has 0 aliphatic rings. The zero-order chi connectivity index (χ0) is 17.7. The number of hydrogen-bond acceptors (Lipinski definition) is 3. The quantitative estimate of drug-likeness (QED) is 0.876. The van der Waals surface area contributed by atoms with Gasteiger partial charge in [-0.25, -0.2) is 4.98 Å². The number of nitrogens with zero attached hydrogens (tertiary/aromatic N) is 1. The number of alkyl halides is 3. The van der Waals surface area contributed by atoms with Gasteiger partial charge in [-0.2, -0.15) is 13.2 Å². The summed E-state index contributed by atoms with van der Waals surface area (Å²) in [4.78, 5) is 15.8. The fourth-order valence-electron chi connectivity index (χ4n) is 2.06. The Hall–Kier alpha value is -2.57. The lowest BCUT2D eigenvalue weighted by Gasteiger charge is -2.13. The highest BCUT2D eigenvalue weighted by Crippen LogP contribution is 2.29. The Morgan fingerprint density at radius 2 is 1.92 bits per heavy atom. The first-order valence-corrected chi connectivity index (χ1v) is 7.41. The van der Waals surface area contributed by atoms with Crippen molar-refractivity contribution in [2.24, 2.45) is 0 Å². The SMILES string of the molecule is CCCOc1ccccc1NC(=O)c1ccc(C(F)(F)F)nc1C. The molecular formula is C17H17F3N2O2.